The highest BCUT2D eigenvalue weighted by atomic mass is 79.9. The Labute approximate surface area is 169 Å². The first-order valence-corrected chi connectivity index (χ1v) is 9.27. The van der Waals surface area contributed by atoms with E-state index in [1.807, 2.05) is 0 Å². The van der Waals surface area contributed by atoms with Crippen molar-refractivity contribution >= 4 is 45.0 Å². The van der Waals surface area contributed by atoms with Gasteiger partial charge in [-0.15, -0.1) is 0 Å². The van der Waals surface area contributed by atoms with Crippen LogP contribution in [0.25, 0.3) is 0 Å². The Morgan fingerprint density at radius 2 is 1.86 bits per heavy atom. The van der Waals surface area contributed by atoms with Crippen molar-refractivity contribution in [3.8, 4) is 0 Å². The number of fused-ring (bicyclic) bond motifs is 1. The molecule has 1 aromatic heterocycles. The first-order valence-electron chi connectivity index (χ1n) is 8.47. The van der Waals surface area contributed by atoms with Crippen molar-refractivity contribution < 1.29 is 14.4 Å². The molecule has 3 aromatic rings. The normalized spacial score (nSPS) is 12.9. The monoisotopic (exact) mass is 435 g/mol. The predicted octanol–water partition coefficient (Wildman–Crippen LogP) is 4.21. The van der Waals surface area contributed by atoms with E-state index in [4.69, 9.17) is 0 Å². The molecule has 1 aliphatic rings. The molecule has 4 rings (SSSR count). The topological polar surface area (TPSA) is 79.4 Å². The molecule has 0 fully saturated rings. The number of aryl methyl sites for hydroxylation is 1. The number of pyridine rings is 1. The average Bonchev–Trinajstić information content (AvgIpc) is 2.94. The fourth-order valence-electron chi connectivity index (χ4n) is 3.13. The lowest BCUT2D eigenvalue weighted by atomic mass is 10.0. The van der Waals surface area contributed by atoms with E-state index in [1.165, 1.54) is 6.20 Å². The molecular formula is C21H14BrN3O3. The Balaban J connectivity index is 1.63. The zero-order valence-corrected chi connectivity index (χ0v) is 16.4. The number of carbonyl (C=O) groups excluding carboxylic acids is 3. The first kappa shape index (κ1) is 18.1. The molecule has 0 radical (unpaired) electrons. The zero-order chi connectivity index (χ0) is 19.8. The molecular weight excluding hydrogens is 422 g/mol. The van der Waals surface area contributed by atoms with Crippen LogP contribution < -0.4 is 10.2 Å². The molecule has 28 heavy (non-hydrogen) atoms. The predicted molar refractivity (Wildman–Crippen MR) is 109 cm³/mol. The number of rotatable bonds is 3. The molecule has 0 saturated carbocycles. The molecule has 1 N–H and O–H groups in total. The highest BCUT2D eigenvalue weighted by Crippen LogP contribution is 2.36. The zero-order valence-electron chi connectivity index (χ0n) is 14.8. The maximum atomic E-state index is 12.8. The molecule has 0 bridgehead atoms. The lowest BCUT2D eigenvalue weighted by molar-refractivity contribution is 0.0924. The number of hydrogen-bond acceptors (Lipinski definition) is 4. The summed E-state index contributed by atoms with van der Waals surface area (Å²) in [4.78, 5) is 43.0. The van der Waals surface area contributed by atoms with Crippen molar-refractivity contribution in [1.29, 1.82) is 0 Å². The van der Waals surface area contributed by atoms with Crippen molar-refractivity contribution in [3.63, 3.8) is 0 Å². The van der Waals surface area contributed by atoms with Crippen molar-refractivity contribution in [1.82, 2.24) is 4.98 Å². The highest BCUT2D eigenvalue weighted by molar-refractivity contribution is 9.10. The van der Waals surface area contributed by atoms with Gasteiger partial charge < -0.3 is 5.32 Å². The van der Waals surface area contributed by atoms with Crippen molar-refractivity contribution in [2.75, 3.05) is 10.2 Å². The molecule has 2 heterocycles. The van der Waals surface area contributed by atoms with Gasteiger partial charge in [-0.1, -0.05) is 18.2 Å². The summed E-state index contributed by atoms with van der Waals surface area (Å²) in [7, 11) is 0. The number of aromatic nitrogens is 1. The standard InChI is InChI=1S/C21H14BrN3O3/c1-12-5-4-6-14-18(12)21(28)25(20(14)27)17-9-8-13(11-15(17)22)24-19(26)16-7-2-3-10-23-16/h2-11H,1H3,(H,24,26). The number of nitrogens with zero attached hydrogens (tertiary/aromatic N) is 2. The van der Waals surface area contributed by atoms with Gasteiger partial charge in [0, 0.05) is 16.4 Å². The summed E-state index contributed by atoms with van der Waals surface area (Å²) >= 11 is 3.41. The second-order valence-electron chi connectivity index (χ2n) is 6.28. The molecule has 138 valence electrons. The second kappa shape index (κ2) is 7.01. The summed E-state index contributed by atoms with van der Waals surface area (Å²) in [6.07, 6.45) is 1.54. The fraction of sp³-hybridized carbons (Fsp3) is 0.0476. The van der Waals surface area contributed by atoms with Crippen LogP contribution in [0.15, 0.2) is 65.3 Å². The van der Waals surface area contributed by atoms with E-state index in [9.17, 15) is 14.4 Å². The molecule has 0 aliphatic carbocycles. The minimum absolute atomic E-state index is 0.290. The van der Waals surface area contributed by atoms with Gasteiger partial charge in [0.2, 0.25) is 0 Å². The number of imide groups is 1. The Morgan fingerprint density at radius 1 is 1.04 bits per heavy atom. The van der Waals surface area contributed by atoms with E-state index in [1.54, 1.807) is 61.5 Å². The summed E-state index contributed by atoms with van der Waals surface area (Å²) < 4.78 is 0.512. The third-order valence-electron chi connectivity index (χ3n) is 4.47. The van der Waals surface area contributed by atoms with E-state index in [0.717, 1.165) is 10.5 Å². The molecule has 0 saturated heterocycles. The van der Waals surface area contributed by atoms with E-state index in [-0.39, 0.29) is 17.7 Å². The summed E-state index contributed by atoms with van der Waals surface area (Å²) in [6, 6.07) is 15.2. The van der Waals surface area contributed by atoms with Crippen molar-refractivity contribution in [3.05, 3.63) is 87.7 Å². The molecule has 3 amide bonds. The minimum atomic E-state index is -0.366. The van der Waals surface area contributed by atoms with E-state index in [2.05, 4.69) is 26.2 Å². The Morgan fingerprint density at radius 3 is 2.54 bits per heavy atom. The largest absolute Gasteiger partial charge is 0.321 e. The highest BCUT2D eigenvalue weighted by Gasteiger charge is 2.38. The van der Waals surface area contributed by atoms with Crippen LogP contribution in [0.4, 0.5) is 11.4 Å². The van der Waals surface area contributed by atoms with Crippen LogP contribution >= 0.6 is 15.9 Å². The number of halogens is 1. The molecule has 0 unspecified atom stereocenters. The average molecular weight is 436 g/mol. The van der Waals surface area contributed by atoms with Crippen LogP contribution in [0.5, 0.6) is 0 Å². The van der Waals surface area contributed by atoms with Gasteiger partial charge in [-0.05, 0) is 64.8 Å². The van der Waals surface area contributed by atoms with Crippen LogP contribution in [0.2, 0.25) is 0 Å². The number of benzene rings is 2. The quantitative estimate of drug-likeness (QED) is 0.624. The second-order valence-corrected chi connectivity index (χ2v) is 7.13. The SMILES string of the molecule is Cc1cccc2c1C(=O)N(c1ccc(NC(=O)c3ccccn3)cc1Br)C2=O. The number of carbonyl (C=O) groups is 3. The third-order valence-corrected chi connectivity index (χ3v) is 5.10. The summed E-state index contributed by atoms with van der Waals surface area (Å²) in [5.41, 5.74) is 2.80. The molecule has 7 heteroatoms. The lowest BCUT2D eigenvalue weighted by Crippen LogP contribution is -2.29. The van der Waals surface area contributed by atoms with Gasteiger partial charge in [0.25, 0.3) is 17.7 Å². The van der Waals surface area contributed by atoms with E-state index >= 15 is 0 Å². The van der Waals surface area contributed by atoms with Gasteiger partial charge in [0.15, 0.2) is 0 Å². The molecule has 1 aliphatic heterocycles. The Bertz CT molecular complexity index is 1130. The number of amides is 3. The fourth-order valence-corrected chi connectivity index (χ4v) is 3.69. The van der Waals surface area contributed by atoms with Crippen LogP contribution in [-0.4, -0.2) is 22.7 Å². The summed E-state index contributed by atoms with van der Waals surface area (Å²) in [5.74, 6) is -1.07. The van der Waals surface area contributed by atoms with Gasteiger partial charge >= 0.3 is 0 Å². The van der Waals surface area contributed by atoms with Gasteiger partial charge in [-0.25, -0.2) is 4.90 Å². The van der Waals surface area contributed by atoms with Gasteiger partial charge in [-0.3, -0.25) is 19.4 Å². The van der Waals surface area contributed by atoms with Crippen LogP contribution in [0, 0.1) is 6.92 Å². The third kappa shape index (κ3) is 2.99. The van der Waals surface area contributed by atoms with Gasteiger partial charge in [-0.2, -0.15) is 0 Å². The molecule has 6 nitrogen and oxygen atoms in total. The molecule has 0 spiro atoms. The van der Waals surface area contributed by atoms with Gasteiger partial charge in [0.05, 0.1) is 16.8 Å². The van der Waals surface area contributed by atoms with E-state index in [0.29, 0.717) is 32.7 Å². The summed E-state index contributed by atoms with van der Waals surface area (Å²) in [5, 5.41) is 2.75. The maximum Gasteiger partial charge on any atom is 0.274 e. The first-order chi connectivity index (χ1) is 13.5. The van der Waals surface area contributed by atoms with Gasteiger partial charge in [0.1, 0.15) is 5.69 Å². The number of anilines is 2. The van der Waals surface area contributed by atoms with Crippen LogP contribution in [-0.2, 0) is 0 Å². The van der Waals surface area contributed by atoms with Crippen molar-refractivity contribution in [2.24, 2.45) is 0 Å². The Kier molecular flexibility index (Phi) is 4.52. The number of nitrogens with one attached hydrogen (secondary N) is 1. The Hall–Kier alpha value is -3.32. The summed E-state index contributed by atoms with van der Waals surface area (Å²) in [6.45, 7) is 1.80. The maximum absolute atomic E-state index is 12.8. The van der Waals surface area contributed by atoms with Crippen LogP contribution in [0.3, 0.4) is 0 Å². The lowest BCUT2D eigenvalue weighted by Gasteiger charge is -2.17. The van der Waals surface area contributed by atoms with Crippen molar-refractivity contribution in [2.45, 2.75) is 6.92 Å². The van der Waals surface area contributed by atoms with E-state index < -0.39 is 0 Å². The van der Waals surface area contributed by atoms with Crippen LogP contribution in [0.1, 0.15) is 36.8 Å². The molecule has 2 aromatic carbocycles. The number of hydrogen-bond donors (Lipinski definition) is 1. The smallest absolute Gasteiger partial charge is 0.274 e. The minimum Gasteiger partial charge on any atom is -0.321 e. The molecule has 0 atom stereocenters.